The number of oxazole rings is 1. The highest BCUT2D eigenvalue weighted by Crippen LogP contribution is 2.17. The number of hydrogen-bond donors (Lipinski definition) is 0. The van der Waals surface area contributed by atoms with Gasteiger partial charge in [0, 0.05) is 13.6 Å². The number of fused-ring (bicyclic) bond motifs is 1. The van der Waals surface area contributed by atoms with Gasteiger partial charge in [0.25, 0.3) is 5.91 Å². The molecule has 0 aliphatic rings. The number of benzene rings is 2. The zero-order chi connectivity index (χ0) is 21.7. The molecule has 0 bridgehead atoms. The normalized spacial score (nSPS) is 11.8. The third-order valence-electron chi connectivity index (χ3n) is 4.66. The van der Waals surface area contributed by atoms with E-state index in [2.05, 4.69) is 0 Å². The van der Waals surface area contributed by atoms with E-state index in [1.807, 2.05) is 31.2 Å². The lowest BCUT2D eigenvalue weighted by Gasteiger charge is -2.18. The number of rotatable bonds is 8. The number of ether oxygens (including phenoxy) is 2. The zero-order valence-corrected chi connectivity index (χ0v) is 17.2. The van der Waals surface area contributed by atoms with Crippen molar-refractivity contribution in [3.05, 3.63) is 64.6 Å². The maximum Gasteiger partial charge on any atom is 0.420 e. The van der Waals surface area contributed by atoms with Crippen molar-refractivity contribution in [3.8, 4) is 5.75 Å². The van der Waals surface area contributed by atoms with Gasteiger partial charge in [-0.05, 0) is 43.7 Å². The van der Waals surface area contributed by atoms with Gasteiger partial charge in [0.15, 0.2) is 12.2 Å². The first-order chi connectivity index (χ1) is 14.4. The van der Waals surface area contributed by atoms with Gasteiger partial charge in [0.05, 0.1) is 12.1 Å². The highest BCUT2D eigenvalue weighted by atomic mass is 16.5. The van der Waals surface area contributed by atoms with Crippen molar-refractivity contribution in [2.75, 3.05) is 20.3 Å². The number of nitrogens with zero attached hydrogens (tertiary/aromatic N) is 2. The molecule has 0 spiro atoms. The number of amides is 1. The van der Waals surface area contributed by atoms with E-state index in [9.17, 15) is 14.4 Å². The molecule has 0 saturated carbocycles. The first-order valence-corrected chi connectivity index (χ1v) is 9.63. The van der Waals surface area contributed by atoms with E-state index in [1.165, 1.54) is 16.4 Å². The molecule has 1 heterocycles. The second-order valence-corrected chi connectivity index (χ2v) is 6.82. The number of para-hydroxylation sites is 2. The first kappa shape index (κ1) is 21.2. The standard InChI is InChI=1S/C22H24N2O6/c1-4-28-17-11-9-16(10-12-17)13-23(3)20(25)14-29-21(26)15(2)24-18-7-5-6-8-19(18)30-22(24)27/h5-12,15H,4,13-14H2,1-3H3. The molecule has 0 N–H and O–H groups in total. The van der Waals surface area contributed by atoms with Crippen LogP contribution >= 0.6 is 0 Å². The molecule has 2 aromatic carbocycles. The van der Waals surface area contributed by atoms with Gasteiger partial charge >= 0.3 is 11.7 Å². The summed E-state index contributed by atoms with van der Waals surface area (Å²) < 4.78 is 16.9. The lowest BCUT2D eigenvalue weighted by molar-refractivity contribution is -0.154. The molecule has 8 heteroatoms. The molecule has 0 saturated heterocycles. The maximum absolute atomic E-state index is 12.4. The minimum atomic E-state index is -0.926. The lowest BCUT2D eigenvalue weighted by Crippen LogP contribution is -2.33. The van der Waals surface area contributed by atoms with E-state index >= 15 is 0 Å². The Labute approximate surface area is 173 Å². The fourth-order valence-corrected chi connectivity index (χ4v) is 3.04. The molecule has 1 aromatic heterocycles. The fourth-order valence-electron chi connectivity index (χ4n) is 3.04. The largest absolute Gasteiger partial charge is 0.494 e. The Kier molecular flexibility index (Phi) is 6.56. The molecule has 1 atom stereocenters. The Morgan fingerprint density at radius 1 is 1.13 bits per heavy atom. The molecule has 0 aliphatic heterocycles. The monoisotopic (exact) mass is 412 g/mol. The fraction of sp³-hybridized carbons (Fsp3) is 0.318. The minimum Gasteiger partial charge on any atom is -0.494 e. The number of hydrogen-bond acceptors (Lipinski definition) is 6. The summed E-state index contributed by atoms with van der Waals surface area (Å²) in [5.41, 5.74) is 1.80. The molecule has 3 aromatic rings. The summed E-state index contributed by atoms with van der Waals surface area (Å²) in [4.78, 5) is 38.3. The molecular weight excluding hydrogens is 388 g/mol. The first-order valence-electron chi connectivity index (χ1n) is 9.63. The van der Waals surface area contributed by atoms with Crippen molar-refractivity contribution >= 4 is 23.0 Å². The zero-order valence-electron chi connectivity index (χ0n) is 17.2. The third-order valence-corrected chi connectivity index (χ3v) is 4.66. The van der Waals surface area contributed by atoms with E-state index in [0.717, 1.165) is 11.3 Å². The predicted octanol–water partition coefficient (Wildman–Crippen LogP) is 2.76. The molecule has 158 valence electrons. The predicted molar refractivity (Wildman–Crippen MR) is 110 cm³/mol. The molecular formula is C22H24N2O6. The lowest BCUT2D eigenvalue weighted by atomic mass is 10.2. The van der Waals surface area contributed by atoms with Crippen LogP contribution in [0.15, 0.2) is 57.7 Å². The molecule has 0 radical (unpaired) electrons. The molecule has 0 fully saturated rings. The number of likely N-dealkylation sites (N-methyl/N-ethyl adjacent to an activating group) is 1. The highest BCUT2D eigenvalue weighted by molar-refractivity contribution is 5.83. The van der Waals surface area contributed by atoms with Gasteiger partial charge in [-0.1, -0.05) is 24.3 Å². The summed E-state index contributed by atoms with van der Waals surface area (Å²) in [7, 11) is 1.63. The maximum atomic E-state index is 12.4. The summed E-state index contributed by atoms with van der Waals surface area (Å²) in [6.45, 7) is 3.97. The molecule has 30 heavy (non-hydrogen) atoms. The minimum absolute atomic E-state index is 0.353. The van der Waals surface area contributed by atoms with Gasteiger partial charge in [-0.25, -0.2) is 9.59 Å². The van der Waals surface area contributed by atoms with Crippen molar-refractivity contribution in [3.63, 3.8) is 0 Å². The van der Waals surface area contributed by atoms with Gasteiger partial charge in [-0.3, -0.25) is 9.36 Å². The molecule has 1 amide bonds. The van der Waals surface area contributed by atoms with E-state index in [0.29, 0.717) is 24.3 Å². The van der Waals surface area contributed by atoms with Crippen LogP contribution in [-0.2, 0) is 20.9 Å². The Hall–Kier alpha value is -3.55. The van der Waals surface area contributed by atoms with Crippen LogP contribution in [-0.4, -0.2) is 41.6 Å². The van der Waals surface area contributed by atoms with Crippen LogP contribution in [0, 0.1) is 0 Å². The number of esters is 1. The Balaban J connectivity index is 1.57. The van der Waals surface area contributed by atoms with E-state index in [-0.39, 0.29) is 5.91 Å². The van der Waals surface area contributed by atoms with Gasteiger partial charge in [0.2, 0.25) is 0 Å². The van der Waals surface area contributed by atoms with E-state index in [4.69, 9.17) is 13.9 Å². The number of aromatic nitrogens is 1. The van der Waals surface area contributed by atoms with Gasteiger partial charge in [-0.2, -0.15) is 0 Å². The average Bonchev–Trinajstić information content (AvgIpc) is 3.08. The van der Waals surface area contributed by atoms with Crippen LogP contribution < -0.4 is 10.5 Å². The second kappa shape index (κ2) is 9.30. The molecule has 8 nitrogen and oxygen atoms in total. The van der Waals surface area contributed by atoms with Crippen molar-refractivity contribution in [1.29, 1.82) is 0 Å². The van der Waals surface area contributed by atoms with Crippen molar-refractivity contribution in [1.82, 2.24) is 9.47 Å². The Morgan fingerprint density at radius 2 is 1.83 bits per heavy atom. The smallest absolute Gasteiger partial charge is 0.420 e. The SMILES string of the molecule is CCOc1ccc(CN(C)C(=O)COC(=O)C(C)n2c(=O)oc3ccccc32)cc1. The second-order valence-electron chi connectivity index (χ2n) is 6.82. The van der Waals surface area contributed by atoms with E-state index < -0.39 is 24.4 Å². The van der Waals surface area contributed by atoms with Crippen LogP contribution in [0.4, 0.5) is 0 Å². The Morgan fingerprint density at radius 3 is 2.53 bits per heavy atom. The average molecular weight is 412 g/mol. The van der Waals surface area contributed by atoms with Crippen LogP contribution in [0.2, 0.25) is 0 Å². The van der Waals surface area contributed by atoms with Crippen molar-refractivity contribution < 1.29 is 23.5 Å². The summed E-state index contributed by atoms with van der Waals surface area (Å²) in [6, 6.07) is 13.3. The summed E-state index contributed by atoms with van der Waals surface area (Å²) >= 11 is 0. The topological polar surface area (TPSA) is 91.0 Å². The van der Waals surface area contributed by atoms with Crippen LogP contribution in [0.1, 0.15) is 25.5 Å². The van der Waals surface area contributed by atoms with Gasteiger partial charge in [-0.15, -0.1) is 0 Å². The quantitative estimate of drug-likeness (QED) is 0.529. The van der Waals surface area contributed by atoms with Crippen molar-refractivity contribution in [2.45, 2.75) is 26.4 Å². The number of carbonyl (C=O) groups is 2. The highest BCUT2D eigenvalue weighted by Gasteiger charge is 2.23. The van der Waals surface area contributed by atoms with Crippen LogP contribution in [0.25, 0.3) is 11.1 Å². The van der Waals surface area contributed by atoms with Crippen molar-refractivity contribution in [2.24, 2.45) is 0 Å². The summed E-state index contributed by atoms with van der Waals surface area (Å²) in [6.07, 6.45) is 0. The molecule has 3 rings (SSSR count). The Bertz CT molecular complexity index is 1080. The molecule has 1 unspecified atom stereocenters. The van der Waals surface area contributed by atoms with Crippen LogP contribution in [0.5, 0.6) is 5.75 Å². The van der Waals surface area contributed by atoms with Gasteiger partial charge < -0.3 is 18.8 Å². The van der Waals surface area contributed by atoms with Crippen LogP contribution in [0.3, 0.4) is 0 Å². The summed E-state index contributed by atoms with van der Waals surface area (Å²) in [5, 5.41) is 0. The number of carbonyl (C=O) groups excluding carboxylic acids is 2. The molecule has 0 aliphatic carbocycles. The third kappa shape index (κ3) is 4.71. The van der Waals surface area contributed by atoms with Gasteiger partial charge in [0.1, 0.15) is 11.8 Å². The summed E-state index contributed by atoms with van der Waals surface area (Å²) in [5.74, 6) is -0.931. The van der Waals surface area contributed by atoms with E-state index in [1.54, 1.807) is 31.3 Å².